The fourth-order valence-corrected chi connectivity index (χ4v) is 0. The minimum Gasteiger partial charge on any atom is -0.549 e. The summed E-state index contributed by atoms with van der Waals surface area (Å²) >= 11 is 10.1. The van der Waals surface area contributed by atoms with Crippen LogP contribution in [0.2, 0.25) is 0 Å². The molecule has 0 bridgehead atoms. The summed E-state index contributed by atoms with van der Waals surface area (Å²) in [4.78, 5) is 27.5. The van der Waals surface area contributed by atoms with E-state index in [1.165, 1.54) is 0 Å². The van der Waals surface area contributed by atoms with Crippen molar-refractivity contribution in [3.05, 3.63) is 0 Å². The van der Waals surface area contributed by atoms with Gasteiger partial charge < -0.3 is 29.7 Å². The first-order valence-electron chi connectivity index (χ1n) is 3.23. The second kappa shape index (κ2) is 20.4. The van der Waals surface area contributed by atoms with Crippen LogP contribution in [0.1, 0.15) is 0 Å². The van der Waals surface area contributed by atoms with Crippen molar-refractivity contribution in [2.75, 3.05) is 17.3 Å². The molecule has 0 heterocycles. The summed E-state index contributed by atoms with van der Waals surface area (Å²) in [5.74, 6) is -3.98. The standard InChI is InChI=1S/3C2H4O2S.Fe/c3*3-2(4)1-5;/h3*5H,1H2,(H,3,4);/q;;;+3/p-3. The fourth-order valence-electron chi connectivity index (χ4n) is 0. The zero-order valence-corrected chi connectivity index (χ0v) is 11.6. The molecule has 0 spiro atoms. The van der Waals surface area contributed by atoms with Crippen molar-refractivity contribution in [1.82, 2.24) is 0 Å². The van der Waals surface area contributed by atoms with Crippen molar-refractivity contribution in [1.29, 1.82) is 0 Å². The van der Waals surface area contributed by atoms with E-state index in [1.54, 1.807) is 0 Å². The minimum absolute atomic E-state index is 0. The van der Waals surface area contributed by atoms with Gasteiger partial charge >= 0.3 is 17.1 Å². The second-order valence-corrected chi connectivity index (χ2v) is 2.54. The van der Waals surface area contributed by atoms with E-state index in [0.717, 1.165) is 0 Å². The van der Waals surface area contributed by atoms with Crippen LogP contribution in [0.3, 0.4) is 0 Å². The topological polar surface area (TPSA) is 120 Å². The van der Waals surface area contributed by atoms with Crippen molar-refractivity contribution in [3.63, 3.8) is 0 Å². The van der Waals surface area contributed by atoms with Gasteiger partial charge in [-0.1, -0.05) is 0 Å². The van der Waals surface area contributed by atoms with E-state index in [2.05, 4.69) is 37.9 Å². The van der Waals surface area contributed by atoms with Gasteiger partial charge in [-0.15, -0.1) is 0 Å². The molecule has 0 aromatic carbocycles. The van der Waals surface area contributed by atoms with Crippen LogP contribution in [0.25, 0.3) is 0 Å². The van der Waals surface area contributed by atoms with Gasteiger partial charge in [-0.2, -0.15) is 37.9 Å². The average molecular weight is 329 g/mol. The maximum atomic E-state index is 9.18. The summed E-state index contributed by atoms with van der Waals surface area (Å²) in [5.41, 5.74) is 0. The molecule has 1 radical (unpaired) electrons. The van der Waals surface area contributed by atoms with Gasteiger partial charge in [0.1, 0.15) is 0 Å². The molecule has 0 amide bonds. The van der Waals surface area contributed by atoms with Crippen LogP contribution in [0.4, 0.5) is 0 Å². The molecule has 0 aliphatic carbocycles. The first kappa shape index (κ1) is 25.0. The van der Waals surface area contributed by atoms with E-state index in [0.29, 0.717) is 0 Å². The monoisotopic (exact) mass is 329 g/mol. The Bertz CT molecular complexity index is 167. The van der Waals surface area contributed by atoms with Gasteiger partial charge in [-0.3, -0.25) is 0 Å². The summed E-state index contributed by atoms with van der Waals surface area (Å²) in [5, 5.41) is 27.5. The van der Waals surface area contributed by atoms with Crippen molar-refractivity contribution >= 4 is 55.8 Å². The van der Waals surface area contributed by atoms with E-state index in [4.69, 9.17) is 0 Å². The van der Waals surface area contributed by atoms with Gasteiger partial charge in [-0.05, 0) is 0 Å². The van der Waals surface area contributed by atoms with Gasteiger partial charge in [0.05, 0.1) is 17.9 Å². The SMILES string of the molecule is O=C([O-])CS.O=C([O-])CS.O=C([O-])CS.[Fe+3]. The Morgan fingerprint density at radius 3 is 0.750 bits per heavy atom. The van der Waals surface area contributed by atoms with Crippen LogP contribution in [-0.4, -0.2) is 35.2 Å². The van der Waals surface area contributed by atoms with Gasteiger partial charge in [0.25, 0.3) is 0 Å². The molecule has 10 heteroatoms. The predicted octanol–water partition coefficient (Wildman–Crippen LogP) is -4.00. The van der Waals surface area contributed by atoms with Gasteiger partial charge in [0.2, 0.25) is 0 Å². The number of carboxylic acid groups (broad SMARTS) is 3. The molecule has 0 saturated carbocycles. The summed E-state index contributed by atoms with van der Waals surface area (Å²) in [6.07, 6.45) is 0. The Labute approximate surface area is 120 Å². The molecule has 0 aromatic heterocycles. The zero-order chi connectivity index (χ0) is 12.9. The molecule has 95 valence electrons. The van der Waals surface area contributed by atoms with Gasteiger partial charge in [0, 0.05) is 17.3 Å². The van der Waals surface area contributed by atoms with E-state index in [-0.39, 0.29) is 34.3 Å². The van der Waals surface area contributed by atoms with E-state index >= 15 is 0 Å². The number of carbonyl (C=O) groups is 3. The maximum absolute atomic E-state index is 9.18. The second-order valence-electron chi connectivity index (χ2n) is 1.59. The van der Waals surface area contributed by atoms with E-state index < -0.39 is 17.9 Å². The largest absolute Gasteiger partial charge is 3.00 e. The van der Waals surface area contributed by atoms with Crippen LogP contribution in [0, 0.1) is 0 Å². The Balaban J connectivity index is -0.0000000655. The minimum atomic E-state index is -1.13. The van der Waals surface area contributed by atoms with Crippen molar-refractivity contribution in [2.24, 2.45) is 0 Å². The van der Waals surface area contributed by atoms with Gasteiger partial charge in [0.15, 0.2) is 0 Å². The number of thiol groups is 3. The Kier molecular flexibility index (Phi) is 31.9. The molecule has 16 heavy (non-hydrogen) atoms. The van der Waals surface area contributed by atoms with Crippen LogP contribution < -0.4 is 15.3 Å². The predicted molar refractivity (Wildman–Crippen MR) is 56.6 cm³/mol. The number of carbonyl (C=O) groups excluding carboxylic acids is 3. The number of rotatable bonds is 3. The summed E-state index contributed by atoms with van der Waals surface area (Å²) in [6.45, 7) is 0. The molecule has 0 fully saturated rings. The zero-order valence-electron chi connectivity index (χ0n) is 7.77. The molecule has 0 saturated heterocycles. The molecule has 0 aliphatic heterocycles. The van der Waals surface area contributed by atoms with Crippen LogP contribution in [0.5, 0.6) is 0 Å². The molecule has 6 nitrogen and oxygen atoms in total. The van der Waals surface area contributed by atoms with Crippen LogP contribution in [-0.2, 0) is 31.5 Å². The smallest absolute Gasteiger partial charge is 0.549 e. The molecule has 0 aromatic rings. The summed E-state index contributed by atoms with van der Waals surface area (Å²) < 4.78 is 0. The molecular formula is C6H9FeO6S3. The fraction of sp³-hybridized carbons (Fsp3) is 0.500. The number of carboxylic acids is 3. The van der Waals surface area contributed by atoms with E-state index in [1.807, 2.05) is 0 Å². The third-order valence-corrected chi connectivity index (χ3v) is 1.16. The number of hydrogen-bond donors (Lipinski definition) is 3. The number of aliphatic carboxylic acids is 3. The number of hydrogen-bond acceptors (Lipinski definition) is 9. The molecule has 0 aliphatic rings. The average Bonchev–Trinajstić information content (AvgIpc) is 2.19. The normalized spacial score (nSPS) is 6.94. The van der Waals surface area contributed by atoms with Crippen LogP contribution >= 0.6 is 37.9 Å². The Morgan fingerprint density at radius 1 is 0.688 bits per heavy atom. The summed E-state index contributed by atoms with van der Waals surface area (Å²) in [7, 11) is 0. The van der Waals surface area contributed by atoms with Crippen molar-refractivity contribution in [2.45, 2.75) is 0 Å². The first-order chi connectivity index (χ1) is 6.81. The quantitative estimate of drug-likeness (QED) is 0.358. The molecule has 0 unspecified atom stereocenters. The molecule has 0 N–H and O–H groups in total. The molecular weight excluding hydrogens is 320 g/mol. The summed E-state index contributed by atoms with van der Waals surface area (Å²) in [6, 6.07) is 0. The molecule has 0 atom stereocenters. The van der Waals surface area contributed by atoms with E-state index in [9.17, 15) is 29.7 Å². The molecule has 0 rings (SSSR count). The van der Waals surface area contributed by atoms with Crippen molar-refractivity contribution < 1.29 is 46.8 Å². The maximum Gasteiger partial charge on any atom is 3.00 e. The Hall–Kier alpha value is -0.0205. The van der Waals surface area contributed by atoms with Crippen molar-refractivity contribution in [3.8, 4) is 0 Å². The van der Waals surface area contributed by atoms with Crippen LogP contribution in [0.15, 0.2) is 0 Å². The van der Waals surface area contributed by atoms with Gasteiger partial charge in [-0.25, -0.2) is 0 Å². The third kappa shape index (κ3) is 65.9. The third-order valence-electron chi connectivity index (χ3n) is 0.387. The first-order valence-corrected chi connectivity index (χ1v) is 5.13. The Morgan fingerprint density at radius 2 is 0.750 bits per heavy atom.